The molecule has 0 unspecified atom stereocenters. The van der Waals surface area contributed by atoms with Gasteiger partial charge in [0.25, 0.3) is 0 Å². The van der Waals surface area contributed by atoms with E-state index in [1.165, 1.54) is 0 Å². The molecular weight excluding hydrogens is 180 g/mol. The maximum atomic E-state index is 10.0. The van der Waals surface area contributed by atoms with Gasteiger partial charge in [0.2, 0.25) is 6.54 Å². The van der Waals surface area contributed by atoms with Crippen molar-refractivity contribution >= 4 is 11.6 Å². The molecule has 0 bridgehead atoms. The molecule has 0 aliphatic carbocycles. The predicted octanol–water partition coefficient (Wildman–Crippen LogP) is 1.55. The molecule has 0 aliphatic rings. The molecule has 0 saturated carbocycles. The van der Waals surface area contributed by atoms with E-state index in [0.29, 0.717) is 17.3 Å². The molecule has 12 heavy (non-hydrogen) atoms. The fourth-order valence-electron chi connectivity index (χ4n) is 0.795. The average molecular weight is 187 g/mol. The van der Waals surface area contributed by atoms with Crippen molar-refractivity contribution in [3.63, 3.8) is 0 Å². The Kier molecular flexibility index (Phi) is 2.99. The number of nitrogens with zero attached hydrogens (tertiary/aromatic N) is 2. The summed E-state index contributed by atoms with van der Waals surface area (Å²) in [6.07, 6.45) is 0.327. The SMILES string of the molecule is O=[N+]([O-])CCc1cccc(Cl)n1. The van der Waals surface area contributed by atoms with E-state index < -0.39 is 0 Å². The number of halogens is 1. The van der Waals surface area contributed by atoms with Gasteiger partial charge in [0.15, 0.2) is 0 Å². The Morgan fingerprint density at radius 3 is 2.92 bits per heavy atom. The number of rotatable bonds is 3. The van der Waals surface area contributed by atoms with E-state index in [-0.39, 0.29) is 11.5 Å². The van der Waals surface area contributed by atoms with Crippen molar-refractivity contribution in [1.82, 2.24) is 4.98 Å². The lowest BCUT2D eigenvalue weighted by atomic mass is 10.3. The maximum Gasteiger partial charge on any atom is 0.209 e. The Morgan fingerprint density at radius 2 is 2.33 bits per heavy atom. The van der Waals surface area contributed by atoms with Crippen LogP contribution in [0.15, 0.2) is 18.2 Å². The number of aromatic nitrogens is 1. The molecule has 0 aliphatic heterocycles. The van der Waals surface area contributed by atoms with Gasteiger partial charge in [-0.05, 0) is 12.1 Å². The lowest BCUT2D eigenvalue weighted by molar-refractivity contribution is -0.479. The summed E-state index contributed by atoms with van der Waals surface area (Å²) in [7, 11) is 0. The smallest absolute Gasteiger partial charge is 0.209 e. The molecule has 5 heteroatoms. The van der Waals surface area contributed by atoms with E-state index in [1.807, 2.05) is 0 Å². The number of hydrogen-bond donors (Lipinski definition) is 0. The van der Waals surface area contributed by atoms with Gasteiger partial charge in [-0.25, -0.2) is 4.98 Å². The molecule has 1 heterocycles. The molecule has 0 amide bonds. The molecule has 0 radical (unpaired) electrons. The number of hydrogen-bond acceptors (Lipinski definition) is 3. The van der Waals surface area contributed by atoms with E-state index in [1.54, 1.807) is 18.2 Å². The third kappa shape index (κ3) is 2.84. The van der Waals surface area contributed by atoms with Gasteiger partial charge < -0.3 is 0 Å². The Hall–Kier alpha value is -1.16. The van der Waals surface area contributed by atoms with Gasteiger partial charge in [-0.2, -0.15) is 0 Å². The largest absolute Gasteiger partial charge is 0.265 e. The van der Waals surface area contributed by atoms with E-state index in [9.17, 15) is 10.1 Å². The Morgan fingerprint density at radius 1 is 1.58 bits per heavy atom. The molecule has 0 fully saturated rings. The molecule has 1 aromatic rings. The van der Waals surface area contributed by atoms with Crippen LogP contribution in [0.1, 0.15) is 5.69 Å². The molecule has 0 aromatic carbocycles. The molecule has 0 atom stereocenters. The second kappa shape index (κ2) is 4.01. The highest BCUT2D eigenvalue weighted by Gasteiger charge is 2.00. The Labute approximate surface area is 74.3 Å². The van der Waals surface area contributed by atoms with Gasteiger partial charge in [0.05, 0.1) is 6.42 Å². The second-order valence-corrected chi connectivity index (χ2v) is 2.65. The molecule has 1 rings (SSSR count). The van der Waals surface area contributed by atoms with Crippen LogP contribution in [0.4, 0.5) is 0 Å². The lowest BCUT2D eigenvalue weighted by Crippen LogP contribution is -2.05. The predicted molar refractivity (Wildman–Crippen MR) is 44.8 cm³/mol. The van der Waals surface area contributed by atoms with Crippen LogP contribution in [0.2, 0.25) is 5.15 Å². The van der Waals surface area contributed by atoms with Gasteiger partial charge in [-0.3, -0.25) is 10.1 Å². The second-order valence-electron chi connectivity index (χ2n) is 2.26. The average Bonchev–Trinajstić information content (AvgIpc) is 2.01. The van der Waals surface area contributed by atoms with Crippen molar-refractivity contribution in [2.75, 3.05) is 6.54 Å². The quantitative estimate of drug-likeness (QED) is 0.409. The first-order valence-corrected chi connectivity index (χ1v) is 3.79. The van der Waals surface area contributed by atoms with Crippen LogP contribution >= 0.6 is 11.6 Å². The Balaban J connectivity index is 2.57. The van der Waals surface area contributed by atoms with Gasteiger partial charge in [0.1, 0.15) is 5.15 Å². The zero-order valence-corrected chi connectivity index (χ0v) is 6.99. The zero-order valence-electron chi connectivity index (χ0n) is 6.24. The van der Waals surface area contributed by atoms with Crippen LogP contribution in [-0.2, 0) is 6.42 Å². The first-order valence-electron chi connectivity index (χ1n) is 3.42. The number of pyridine rings is 1. The summed E-state index contributed by atoms with van der Waals surface area (Å²) in [4.78, 5) is 13.5. The van der Waals surface area contributed by atoms with E-state index >= 15 is 0 Å². The highest BCUT2D eigenvalue weighted by molar-refractivity contribution is 6.29. The third-order valence-corrected chi connectivity index (χ3v) is 1.53. The molecular formula is C7H7ClN2O2. The molecule has 0 saturated heterocycles. The summed E-state index contributed by atoms with van der Waals surface area (Å²) in [5, 5.41) is 10.4. The highest BCUT2D eigenvalue weighted by atomic mass is 35.5. The van der Waals surface area contributed by atoms with Gasteiger partial charge in [-0.1, -0.05) is 17.7 Å². The van der Waals surface area contributed by atoms with Crippen LogP contribution < -0.4 is 0 Å². The fourth-order valence-corrected chi connectivity index (χ4v) is 0.977. The normalized spacial score (nSPS) is 9.75. The summed E-state index contributed by atoms with van der Waals surface area (Å²) < 4.78 is 0. The van der Waals surface area contributed by atoms with Crippen molar-refractivity contribution in [2.24, 2.45) is 0 Å². The van der Waals surface area contributed by atoms with Gasteiger partial charge >= 0.3 is 0 Å². The van der Waals surface area contributed by atoms with Gasteiger partial charge in [0, 0.05) is 10.6 Å². The van der Waals surface area contributed by atoms with Crippen LogP contribution in [0.5, 0.6) is 0 Å². The minimum atomic E-state index is -0.372. The lowest BCUT2D eigenvalue weighted by Gasteiger charge is -1.95. The molecule has 0 spiro atoms. The fraction of sp³-hybridized carbons (Fsp3) is 0.286. The van der Waals surface area contributed by atoms with Crippen molar-refractivity contribution in [3.8, 4) is 0 Å². The van der Waals surface area contributed by atoms with Gasteiger partial charge in [-0.15, -0.1) is 0 Å². The van der Waals surface area contributed by atoms with E-state index in [4.69, 9.17) is 11.6 Å². The molecule has 4 nitrogen and oxygen atoms in total. The highest BCUT2D eigenvalue weighted by Crippen LogP contribution is 2.05. The topological polar surface area (TPSA) is 56.0 Å². The Bertz CT molecular complexity index is 290. The van der Waals surface area contributed by atoms with E-state index in [0.717, 1.165) is 0 Å². The molecule has 64 valence electrons. The van der Waals surface area contributed by atoms with Crippen LogP contribution in [0.3, 0.4) is 0 Å². The minimum Gasteiger partial charge on any atom is -0.265 e. The molecule has 1 aromatic heterocycles. The van der Waals surface area contributed by atoms with Crippen molar-refractivity contribution in [1.29, 1.82) is 0 Å². The maximum absolute atomic E-state index is 10.0. The van der Waals surface area contributed by atoms with E-state index in [2.05, 4.69) is 4.98 Å². The summed E-state index contributed by atoms with van der Waals surface area (Å²) in [5.41, 5.74) is 0.652. The van der Waals surface area contributed by atoms with Crippen LogP contribution in [-0.4, -0.2) is 16.5 Å². The third-order valence-electron chi connectivity index (χ3n) is 1.32. The summed E-state index contributed by atoms with van der Waals surface area (Å²) >= 11 is 5.58. The standard InChI is InChI=1S/C7H7ClN2O2/c8-7-3-1-2-6(9-7)4-5-10(11)12/h1-3H,4-5H2. The number of nitro groups is 1. The summed E-state index contributed by atoms with van der Waals surface area (Å²) in [6.45, 7) is -0.104. The first kappa shape index (κ1) is 8.93. The minimum absolute atomic E-state index is 0.104. The molecule has 0 N–H and O–H groups in total. The van der Waals surface area contributed by atoms with Crippen LogP contribution in [0, 0.1) is 10.1 Å². The van der Waals surface area contributed by atoms with Crippen molar-refractivity contribution in [3.05, 3.63) is 39.2 Å². The summed E-state index contributed by atoms with van der Waals surface area (Å²) in [5.74, 6) is 0. The van der Waals surface area contributed by atoms with Crippen LogP contribution in [0.25, 0.3) is 0 Å². The first-order chi connectivity index (χ1) is 5.68. The zero-order chi connectivity index (χ0) is 8.97. The van der Waals surface area contributed by atoms with Crippen molar-refractivity contribution in [2.45, 2.75) is 6.42 Å². The summed E-state index contributed by atoms with van der Waals surface area (Å²) in [6, 6.07) is 5.08. The monoisotopic (exact) mass is 186 g/mol. The van der Waals surface area contributed by atoms with Crippen molar-refractivity contribution < 1.29 is 4.92 Å².